The molecule has 24 heavy (non-hydrogen) atoms. The highest BCUT2D eigenvalue weighted by Gasteiger charge is 2.11. The molecule has 7 heteroatoms. The van der Waals surface area contributed by atoms with Crippen LogP contribution in [0.5, 0.6) is 0 Å². The van der Waals surface area contributed by atoms with Gasteiger partial charge in [0.2, 0.25) is 5.91 Å². The van der Waals surface area contributed by atoms with Gasteiger partial charge in [0.05, 0.1) is 6.10 Å². The van der Waals surface area contributed by atoms with Gasteiger partial charge >= 0.3 is 0 Å². The number of carbonyl (C=O) groups excluding carboxylic acids is 2. The van der Waals surface area contributed by atoms with E-state index in [4.69, 9.17) is 4.74 Å². The number of carbonyl (C=O) groups is 2. The summed E-state index contributed by atoms with van der Waals surface area (Å²) >= 11 is 1.22. The van der Waals surface area contributed by atoms with E-state index in [1.54, 1.807) is 5.38 Å². The van der Waals surface area contributed by atoms with Crippen LogP contribution in [-0.2, 0) is 9.53 Å². The van der Waals surface area contributed by atoms with E-state index in [-0.39, 0.29) is 17.9 Å². The molecule has 128 valence electrons. The van der Waals surface area contributed by atoms with Gasteiger partial charge in [0.1, 0.15) is 5.69 Å². The van der Waals surface area contributed by atoms with E-state index < -0.39 is 0 Å². The molecule has 0 fully saturated rings. The summed E-state index contributed by atoms with van der Waals surface area (Å²) in [4.78, 5) is 26.9. The molecule has 2 aromatic rings. The number of aromatic nitrogens is 1. The molecule has 1 unspecified atom stereocenters. The quantitative estimate of drug-likeness (QED) is 0.720. The van der Waals surface area contributed by atoms with Gasteiger partial charge in [0.25, 0.3) is 5.91 Å². The highest BCUT2D eigenvalue weighted by atomic mass is 32.1. The Bertz CT molecular complexity index is 673. The first-order valence-electron chi connectivity index (χ1n) is 7.74. The number of rotatable bonds is 8. The van der Waals surface area contributed by atoms with Crippen LogP contribution < -0.4 is 10.6 Å². The molecule has 1 aromatic carbocycles. The lowest BCUT2D eigenvalue weighted by Crippen LogP contribution is -2.25. The van der Waals surface area contributed by atoms with Crippen molar-refractivity contribution < 1.29 is 14.3 Å². The van der Waals surface area contributed by atoms with Crippen molar-refractivity contribution in [1.29, 1.82) is 0 Å². The van der Waals surface area contributed by atoms with Crippen LogP contribution in [0.1, 0.15) is 42.4 Å². The second kappa shape index (κ2) is 9.14. The van der Waals surface area contributed by atoms with Gasteiger partial charge in [-0.3, -0.25) is 9.59 Å². The van der Waals surface area contributed by atoms with Gasteiger partial charge in [0.15, 0.2) is 5.13 Å². The largest absolute Gasteiger partial charge is 0.374 e. The Morgan fingerprint density at radius 3 is 2.75 bits per heavy atom. The molecule has 0 radical (unpaired) electrons. The molecule has 0 aliphatic carbocycles. The molecule has 0 aliphatic rings. The summed E-state index contributed by atoms with van der Waals surface area (Å²) in [6.45, 7) is 4.47. The Hall–Kier alpha value is -2.25. The molecular formula is C17H21N3O3S. The van der Waals surface area contributed by atoms with Crippen LogP contribution in [0.25, 0.3) is 0 Å². The van der Waals surface area contributed by atoms with E-state index >= 15 is 0 Å². The van der Waals surface area contributed by atoms with Crippen LogP contribution in [0.3, 0.4) is 0 Å². The van der Waals surface area contributed by atoms with Crippen molar-refractivity contribution >= 4 is 28.3 Å². The molecule has 0 spiro atoms. The topological polar surface area (TPSA) is 80.3 Å². The summed E-state index contributed by atoms with van der Waals surface area (Å²) in [6.07, 6.45) is 0.742. The maximum absolute atomic E-state index is 11.9. The average Bonchev–Trinajstić information content (AvgIpc) is 3.02. The predicted octanol–water partition coefficient (Wildman–Crippen LogP) is 3.00. The van der Waals surface area contributed by atoms with Gasteiger partial charge in [0, 0.05) is 25.5 Å². The van der Waals surface area contributed by atoms with Crippen molar-refractivity contribution in [3.05, 3.63) is 47.0 Å². The lowest BCUT2D eigenvalue weighted by molar-refractivity contribution is -0.114. The first-order valence-corrected chi connectivity index (χ1v) is 8.62. The number of ether oxygens (including phenoxy) is 1. The number of amides is 2. The molecule has 1 heterocycles. The molecule has 2 rings (SSSR count). The Morgan fingerprint density at radius 1 is 1.29 bits per heavy atom. The van der Waals surface area contributed by atoms with Crippen LogP contribution in [-0.4, -0.2) is 29.9 Å². The van der Waals surface area contributed by atoms with Crippen molar-refractivity contribution in [2.75, 3.05) is 18.5 Å². The van der Waals surface area contributed by atoms with Gasteiger partial charge < -0.3 is 15.4 Å². The molecule has 0 bridgehead atoms. The zero-order valence-electron chi connectivity index (χ0n) is 13.7. The number of nitrogens with zero attached hydrogens (tertiary/aromatic N) is 1. The summed E-state index contributed by atoms with van der Waals surface area (Å²) < 4.78 is 5.75. The molecule has 0 saturated carbocycles. The standard InChI is InChI=1S/C17H21N3O3S/c1-12(14-7-4-3-5-8-14)23-10-6-9-18-16(22)15-11-24-17(20-15)19-13(2)21/h3-5,7-8,11-12H,6,9-10H2,1-2H3,(H,18,22)(H,19,20,21). The van der Waals surface area contributed by atoms with Crippen molar-refractivity contribution in [1.82, 2.24) is 10.3 Å². The van der Waals surface area contributed by atoms with Crippen LogP contribution >= 0.6 is 11.3 Å². The molecular weight excluding hydrogens is 326 g/mol. The zero-order chi connectivity index (χ0) is 17.4. The van der Waals surface area contributed by atoms with E-state index in [9.17, 15) is 9.59 Å². The molecule has 0 aliphatic heterocycles. The molecule has 0 saturated heterocycles. The summed E-state index contributed by atoms with van der Waals surface area (Å²) in [5.41, 5.74) is 1.44. The smallest absolute Gasteiger partial charge is 0.270 e. The molecule has 2 amide bonds. The maximum atomic E-state index is 11.9. The summed E-state index contributed by atoms with van der Waals surface area (Å²) in [6, 6.07) is 10.0. The molecule has 1 aromatic heterocycles. The maximum Gasteiger partial charge on any atom is 0.270 e. The molecule has 1 atom stereocenters. The second-order valence-electron chi connectivity index (χ2n) is 5.25. The van der Waals surface area contributed by atoms with Gasteiger partial charge in [-0.25, -0.2) is 4.98 Å². The molecule has 6 nitrogen and oxygen atoms in total. The van der Waals surface area contributed by atoms with Crippen molar-refractivity contribution in [3.8, 4) is 0 Å². The zero-order valence-corrected chi connectivity index (χ0v) is 14.6. The van der Waals surface area contributed by atoms with Crippen LogP contribution in [0.4, 0.5) is 5.13 Å². The second-order valence-corrected chi connectivity index (χ2v) is 6.11. The van der Waals surface area contributed by atoms with E-state index in [1.807, 2.05) is 37.3 Å². The van der Waals surface area contributed by atoms with Gasteiger partial charge in [-0.15, -0.1) is 11.3 Å². The van der Waals surface area contributed by atoms with Gasteiger partial charge in [-0.2, -0.15) is 0 Å². The first kappa shape index (κ1) is 18.1. The molecule has 2 N–H and O–H groups in total. The number of hydrogen-bond acceptors (Lipinski definition) is 5. The minimum absolute atomic E-state index is 0.0284. The third-order valence-corrected chi connectivity index (χ3v) is 4.02. The highest BCUT2D eigenvalue weighted by molar-refractivity contribution is 7.14. The monoisotopic (exact) mass is 347 g/mol. The van der Waals surface area contributed by atoms with Crippen LogP contribution in [0.2, 0.25) is 0 Å². The summed E-state index contributed by atoms with van der Waals surface area (Å²) in [5, 5.41) is 7.39. The van der Waals surface area contributed by atoms with Gasteiger partial charge in [-0.05, 0) is 18.9 Å². The van der Waals surface area contributed by atoms with Crippen molar-refractivity contribution in [3.63, 3.8) is 0 Å². The van der Waals surface area contributed by atoms with E-state index in [2.05, 4.69) is 15.6 Å². The minimum atomic E-state index is -0.251. The van der Waals surface area contributed by atoms with Gasteiger partial charge in [-0.1, -0.05) is 30.3 Å². The highest BCUT2D eigenvalue weighted by Crippen LogP contribution is 2.16. The van der Waals surface area contributed by atoms with E-state index in [0.717, 1.165) is 5.56 Å². The van der Waals surface area contributed by atoms with Crippen LogP contribution in [0, 0.1) is 0 Å². The fourth-order valence-electron chi connectivity index (χ4n) is 2.03. The third-order valence-electron chi connectivity index (χ3n) is 3.26. The number of nitrogens with one attached hydrogen (secondary N) is 2. The Kier molecular flexibility index (Phi) is 6.89. The Labute approximate surface area is 145 Å². The fourth-order valence-corrected chi connectivity index (χ4v) is 2.77. The fraction of sp³-hybridized carbons (Fsp3) is 0.353. The Morgan fingerprint density at radius 2 is 2.04 bits per heavy atom. The van der Waals surface area contributed by atoms with Crippen molar-refractivity contribution in [2.45, 2.75) is 26.4 Å². The van der Waals surface area contributed by atoms with Crippen LogP contribution in [0.15, 0.2) is 35.7 Å². The number of hydrogen-bond donors (Lipinski definition) is 2. The third kappa shape index (κ3) is 5.75. The number of anilines is 1. The first-order chi connectivity index (χ1) is 11.6. The normalized spacial score (nSPS) is 11.8. The number of thiazole rings is 1. The minimum Gasteiger partial charge on any atom is -0.374 e. The SMILES string of the molecule is CC(=O)Nc1nc(C(=O)NCCCOC(C)c2ccccc2)cs1. The van der Waals surface area contributed by atoms with E-state index in [0.29, 0.717) is 30.4 Å². The van der Waals surface area contributed by atoms with Crippen molar-refractivity contribution in [2.24, 2.45) is 0 Å². The predicted molar refractivity (Wildman–Crippen MR) is 94.2 cm³/mol. The van der Waals surface area contributed by atoms with E-state index in [1.165, 1.54) is 18.3 Å². The summed E-state index contributed by atoms with van der Waals surface area (Å²) in [5.74, 6) is -0.458. The Balaban J connectivity index is 1.66. The summed E-state index contributed by atoms with van der Waals surface area (Å²) in [7, 11) is 0. The average molecular weight is 347 g/mol. The lowest BCUT2D eigenvalue weighted by Gasteiger charge is -2.13. The lowest BCUT2D eigenvalue weighted by atomic mass is 10.1. The number of benzene rings is 1.